The Morgan fingerprint density at radius 1 is 1.32 bits per heavy atom. The van der Waals surface area contributed by atoms with Gasteiger partial charge in [0.25, 0.3) is 5.91 Å². The normalized spacial score (nSPS) is 10.0. The molecule has 0 saturated heterocycles. The molecule has 1 amide bonds. The van der Waals surface area contributed by atoms with Gasteiger partial charge < -0.3 is 10.1 Å². The molecule has 0 aliphatic rings. The summed E-state index contributed by atoms with van der Waals surface area (Å²) in [5.74, 6) is 6.63. The van der Waals surface area contributed by atoms with E-state index >= 15 is 0 Å². The van der Waals surface area contributed by atoms with Crippen molar-refractivity contribution < 1.29 is 9.53 Å². The molecule has 0 aliphatic carbocycles. The second-order valence-corrected chi connectivity index (χ2v) is 5.86. The average molecular weight is 339 g/mol. The van der Waals surface area contributed by atoms with E-state index in [9.17, 15) is 4.79 Å². The zero-order valence-electron chi connectivity index (χ0n) is 15.1. The number of benzene rings is 1. The van der Waals surface area contributed by atoms with E-state index in [1.165, 1.54) is 0 Å². The van der Waals surface area contributed by atoms with Crippen LogP contribution in [0.1, 0.15) is 47.9 Å². The molecular formula is C20H25N3O2. The molecule has 0 bridgehead atoms. The van der Waals surface area contributed by atoms with Crippen molar-refractivity contribution >= 4 is 5.91 Å². The van der Waals surface area contributed by atoms with E-state index in [2.05, 4.69) is 22.3 Å². The number of hydrogen-bond acceptors (Lipinski definition) is 3. The van der Waals surface area contributed by atoms with E-state index in [1.807, 2.05) is 38.1 Å². The van der Waals surface area contributed by atoms with Gasteiger partial charge in [0.1, 0.15) is 11.4 Å². The minimum Gasteiger partial charge on any atom is -0.494 e. The number of nitrogens with one attached hydrogen (secondary N) is 1. The number of aromatic nitrogens is 2. The molecule has 0 saturated carbocycles. The molecule has 1 N–H and O–H groups in total. The van der Waals surface area contributed by atoms with E-state index in [0.717, 1.165) is 36.3 Å². The van der Waals surface area contributed by atoms with Gasteiger partial charge in [-0.15, -0.1) is 11.8 Å². The van der Waals surface area contributed by atoms with Gasteiger partial charge >= 0.3 is 0 Å². The summed E-state index contributed by atoms with van der Waals surface area (Å²) in [6, 6.07) is 9.58. The third-order valence-electron chi connectivity index (χ3n) is 3.73. The first-order valence-electron chi connectivity index (χ1n) is 8.50. The second-order valence-electron chi connectivity index (χ2n) is 5.86. The van der Waals surface area contributed by atoms with Gasteiger partial charge in [0.2, 0.25) is 0 Å². The van der Waals surface area contributed by atoms with Crippen molar-refractivity contribution in [1.29, 1.82) is 0 Å². The summed E-state index contributed by atoms with van der Waals surface area (Å²) in [7, 11) is 1.77. The van der Waals surface area contributed by atoms with Crippen LogP contribution in [0.2, 0.25) is 0 Å². The Labute approximate surface area is 149 Å². The summed E-state index contributed by atoms with van der Waals surface area (Å²) >= 11 is 0. The molecule has 0 atom stereocenters. The van der Waals surface area contributed by atoms with E-state index < -0.39 is 0 Å². The van der Waals surface area contributed by atoms with E-state index in [1.54, 1.807) is 17.8 Å². The van der Waals surface area contributed by atoms with Crippen LogP contribution in [0.25, 0.3) is 0 Å². The first kappa shape index (κ1) is 18.6. The SMILES string of the molecule is CC#CCCCCOc1cccc(CNC(=O)c2cc(C)nn2C)c1. The summed E-state index contributed by atoms with van der Waals surface area (Å²) in [5, 5.41) is 7.11. The molecule has 25 heavy (non-hydrogen) atoms. The monoisotopic (exact) mass is 339 g/mol. The predicted octanol–water partition coefficient (Wildman–Crippen LogP) is 3.23. The zero-order valence-corrected chi connectivity index (χ0v) is 15.1. The third kappa shape index (κ3) is 6.00. The summed E-state index contributed by atoms with van der Waals surface area (Å²) in [5.41, 5.74) is 2.38. The van der Waals surface area contributed by atoms with Crippen molar-refractivity contribution in [3.8, 4) is 17.6 Å². The maximum atomic E-state index is 12.2. The van der Waals surface area contributed by atoms with Crippen molar-refractivity contribution in [1.82, 2.24) is 15.1 Å². The second kappa shape index (κ2) is 9.53. The third-order valence-corrected chi connectivity index (χ3v) is 3.73. The molecule has 0 unspecified atom stereocenters. The lowest BCUT2D eigenvalue weighted by Gasteiger charge is -2.09. The van der Waals surface area contributed by atoms with E-state index in [4.69, 9.17) is 4.74 Å². The molecular weight excluding hydrogens is 314 g/mol. The zero-order chi connectivity index (χ0) is 18.1. The molecule has 0 spiro atoms. The van der Waals surface area contributed by atoms with Crippen LogP contribution >= 0.6 is 0 Å². The fourth-order valence-electron chi connectivity index (χ4n) is 2.47. The van der Waals surface area contributed by atoms with Gasteiger partial charge in [-0.2, -0.15) is 5.10 Å². The fourth-order valence-corrected chi connectivity index (χ4v) is 2.47. The summed E-state index contributed by atoms with van der Waals surface area (Å²) in [6.07, 6.45) is 2.94. The van der Waals surface area contributed by atoms with Crippen LogP contribution in [0.4, 0.5) is 0 Å². The maximum Gasteiger partial charge on any atom is 0.269 e. The molecule has 5 nitrogen and oxygen atoms in total. The average Bonchev–Trinajstić information content (AvgIpc) is 2.94. The van der Waals surface area contributed by atoms with Crippen LogP contribution in [-0.2, 0) is 13.6 Å². The predicted molar refractivity (Wildman–Crippen MR) is 98.4 cm³/mol. The Balaban J connectivity index is 1.81. The lowest BCUT2D eigenvalue weighted by Crippen LogP contribution is -2.25. The Morgan fingerprint density at radius 3 is 2.88 bits per heavy atom. The van der Waals surface area contributed by atoms with Crippen LogP contribution in [0.15, 0.2) is 30.3 Å². The highest BCUT2D eigenvalue weighted by Crippen LogP contribution is 2.14. The number of carbonyl (C=O) groups is 1. The number of unbranched alkanes of at least 4 members (excludes halogenated alkanes) is 2. The number of amides is 1. The molecule has 132 valence electrons. The van der Waals surface area contributed by atoms with Gasteiger partial charge in [-0.05, 0) is 50.5 Å². The van der Waals surface area contributed by atoms with Gasteiger partial charge in [0.05, 0.1) is 12.3 Å². The summed E-state index contributed by atoms with van der Waals surface area (Å²) in [4.78, 5) is 12.2. The van der Waals surface area contributed by atoms with Crippen molar-refractivity contribution in [2.24, 2.45) is 7.05 Å². The van der Waals surface area contributed by atoms with Crippen LogP contribution in [0.5, 0.6) is 5.75 Å². The van der Waals surface area contributed by atoms with Crippen molar-refractivity contribution in [2.75, 3.05) is 6.61 Å². The van der Waals surface area contributed by atoms with Crippen LogP contribution in [0, 0.1) is 18.8 Å². The Morgan fingerprint density at radius 2 is 2.16 bits per heavy atom. The Kier molecular flexibility index (Phi) is 7.09. The van der Waals surface area contributed by atoms with Crippen LogP contribution in [-0.4, -0.2) is 22.3 Å². The van der Waals surface area contributed by atoms with Gasteiger partial charge in [0, 0.05) is 20.0 Å². The molecule has 1 aromatic heterocycles. The number of nitrogens with zero attached hydrogens (tertiary/aromatic N) is 2. The molecule has 2 aromatic rings. The lowest BCUT2D eigenvalue weighted by atomic mass is 10.2. The molecule has 1 aromatic carbocycles. The molecule has 0 aliphatic heterocycles. The van der Waals surface area contributed by atoms with Crippen LogP contribution in [0.3, 0.4) is 0 Å². The number of carbonyl (C=O) groups excluding carboxylic acids is 1. The molecule has 5 heteroatoms. The van der Waals surface area contributed by atoms with Crippen molar-refractivity contribution in [2.45, 2.75) is 39.7 Å². The number of ether oxygens (including phenoxy) is 1. The van der Waals surface area contributed by atoms with Gasteiger partial charge in [0.15, 0.2) is 0 Å². The smallest absolute Gasteiger partial charge is 0.269 e. The van der Waals surface area contributed by atoms with Crippen LogP contribution < -0.4 is 10.1 Å². The Bertz CT molecular complexity index is 769. The first-order valence-corrected chi connectivity index (χ1v) is 8.50. The molecule has 0 radical (unpaired) electrons. The standard InChI is InChI=1S/C20H25N3O2/c1-4-5-6-7-8-12-25-18-11-9-10-17(14-18)15-21-20(24)19-13-16(2)22-23(19)3/h9-11,13-14H,6-8,12,15H2,1-3H3,(H,21,24). The minimum absolute atomic E-state index is 0.133. The molecule has 2 rings (SSSR count). The number of aryl methyl sites for hydroxylation is 2. The molecule has 1 heterocycles. The quantitative estimate of drug-likeness (QED) is 0.593. The number of hydrogen-bond donors (Lipinski definition) is 1. The summed E-state index contributed by atoms with van der Waals surface area (Å²) < 4.78 is 7.36. The highest BCUT2D eigenvalue weighted by molar-refractivity contribution is 5.92. The summed E-state index contributed by atoms with van der Waals surface area (Å²) in [6.45, 7) is 4.85. The highest BCUT2D eigenvalue weighted by Gasteiger charge is 2.11. The fraction of sp³-hybridized carbons (Fsp3) is 0.400. The van der Waals surface area contributed by atoms with E-state index in [-0.39, 0.29) is 5.91 Å². The topological polar surface area (TPSA) is 56.1 Å². The largest absolute Gasteiger partial charge is 0.494 e. The van der Waals surface area contributed by atoms with Crippen molar-refractivity contribution in [3.05, 3.63) is 47.3 Å². The first-order chi connectivity index (χ1) is 12.1. The Hall–Kier alpha value is -2.74. The highest BCUT2D eigenvalue weighted by atomic mass is 16.5. The van der Waals surface area contributed by atoms with Gasteiger partial charge in [-0.3, -0.25) is 9.48 Å². The lowest BCUT2D eigenvalue weighted by molar-refractivity contribution is 0.0941. The van der Waals surface area contributed by atoms with Gasteiger partial charge in [-0.25, -0.2) is 0 Å². The molecule has 0 fully saturated rings. The van der Waals surface area contributed by atoms with Gasteiger partial charge in [-0.1, -0.05) is 12.1 Å². The minimum atomic E-state index is -0.133. The maximum absolute atomic E-state index is 12.2. The van der Waals surface area contributed by atoms with Crippen molar-refractivity contribution in [3.63, 3.8) is 0 Å². The number of rotatable bonds is 8. The van der Waals surface area contributed by atoms with E-state index in [0.29, 0.717) is 18.8 Å².